The maximum Gasteiger partial charge on any atom is 1.00 e. The van der Waals surface area contributed by atoms with Crippen molar-refractivity contribution >= 4 is 11.8 Å². The SMILES string of the molecule is CC12CCC(=O)C=C1C1C[C@@H]1C1C3CC[C@@](O)(CCC(=O)[O-])C3(C)CC[C@@H]12.[K+]. The van der Waals surface area contributed by atoms with Crippen molar-refractivity contribution < 1.29 is 71.2 Å². The molecule has 0 aromatic heterocycles. The summed E-state index contributed by atoms with van der Waals surface area (Å²) in [7, 11) is 0. The molecule has 0 aromatic carbocycles. The molecule has 0 spiro atoms. The number of carbonyl (C=O) groups is 2. The van der Waals surface area contributed by atoms with Crippen LogP contribution in [-0.4, -0.2) is 22.5 Å². The fourth-order valence-electron chi connectivity index (χ4n) is 8.23. The van der Waals surface area contributed by atoms with E-state index >= 15 is 0 Å². The number of hydrogen-bond acceptors (Lipinski definition) is 4. The van der Waals surface area contributed by atoms with Gasteiger partial charge in [0.05, 0.1) is 5.60 Å². The molecule has 28 heavy (non-hydrogen) atoms. The molecule has 1 N–H and O–H groups in total. The predicted octanol–water partition coefficient (Wildman–Crippen LogP) is -0.361. The van der Waals surface area contributed by atoms with Gasteiger partial charge in [-0.05, 0) is 97.9 Å². The van der Waals surface area contributed by atoms with Crippen LogP contribution in [0.4, 0.5) is 0 Å². The normalized spacial score (nSPS) is 51.0. The Balaban J connectivity index is 0.00000192. The summed E-state index contributed by atoms with van der Waals surface area (Å²) < 4.78 is 0. The molecular formula is C23H31KO4. The number of rotatable bonds is 3. The maximum atomic E-state index is 12.1. The fourth-order valence-corrected chi connectivity index (χ4v) is 8.23. The van der Waals surface area contributed by atoms with Crippen molar-refractivity contribution in [2.45, 2.75) is 77.2 Å². The van der Waals surface area contributed by atoms with Crippen molar-refractivity contribution in [3.63, 3.8) is 0 Å². The molecule has 0 amide bonds. The molecule has 0 bridgehead atoms. The molecule has 5 unspecified atom stereocenters. The van der Waals surface area contributed by atoms with Crippen molar-refractivity contribution in [1.29, 1.82) is 0 Å². The molecule has 4 nitrogen and oxygen atoms in total. The van der Waals surface area contributed by atoms with Gasteiger partial charge in [0, 0.05) is 12.4 Å². The van der Waals surface area contributed by atoms with E-state index < -0.39 is 11.6 Å². The average Bonchev–Trinajstić information content (AvgIpc) is 3.35. The van der Waals surface area contributed by atoms with Crippen molar-refractivity contribution in [3.8, 4) is 0 Å². The Morgan fingerprint density at radius 1 is 1.21 bits per heavy atom. The summed E-state index contributed by atoms with van der Waals surface area (Å²) in [6, 6.07) is 0. The standard InChI is InChI=1S/C23H32O4.K/c1-21-7-3-13(24)11-18(21)14-12-15(14)20-16(21)4-8-22(2)17(20)5-9-23(22,27)10-6-19(25)26;/h11,14-17,20,27H,3-10,12H2,1-2H3,(H,25,26);/q;+1/p-1/t14?,15-,16-,17?,20?,21?,22?,23+;/m0./s1. The van der Waals surface area contributed by atoms with Gasteiger partial charge in [-0.2, -0.15) is 0 Å². The Bertz CT molecular complexity index is 747. The predicted molar refractivity (Wildman–Crippen MR) is 98.3 cm³/mol. The van der Waals surface area contributed by atoms with Crippen LogP contribution in [0.3, 0.4) is 0 Å². The summed E-state index contributed by atoms with van der Waals surface area (Å²) in [5.74, 6) is 2.23. The number of aliphatic carboxylic acids is 1. The first-order valence-corrected chi connectivity index (χ1v) is 10.9. The van der Waals surface area contributed by atoms with E-state index in [9.17, 15) is 19.8 Å². The van der Waals surface area contributed by atoms with Crippen LogP contribution in [-0.2, 0) is 9.59 Å². The zero-order chi connectivity index (χ0) is 19.2. The Kier molecular flexibility index (Phi) is 5.42. The van der Waals surface area contributed by atoms with Crippen LogP contribution in [0.5, 0.6) is 0 Å². The number of hydrogen-bond donors (Lipinski definition) is 1. The zero-order valence-corrected chi connectivity index (χ0v) is 20.6. The number of carboxylic acids is 1. The molecule has 5 rings (SSSR count). The van der Waals surface area contributed by atoms with Gasteiger partial charge in [-0.25, -0.2) is 0 Å². The van der Waals surface area contributed by atoms with Crippen LogP contribution >= 0.6 is 0 Å². The topological polar surface area (TPSA) is 77.4 Å². The molecule has 148 valence electrons. The van der Waals surface area contributed by atoms with E-state index in [0.29, 0.717) is 48.2 Å². The molecule has 4 fully saturated rings. The number of allylic oxidation sites excluding steroid dienone is 1. The summed E-state index contributed by atoms with van der Waals surface area (Å²) in [6.45, 7) is 4.63. The van der Waals surface area contributed by atoms with Crippen molar-refractivity contribution in [2.24, 2.45) is 40.4 Å². The van der Waals surface area contributed by atoms with Crippen LogP contribution in [0.1, 0.15) is 71.6 Å². The van der Waals surface area contributed by atoms with Crippen LogP contribution in [0.15, 0.2) is 11.6 Å². The van der Waals surface area contributed by atoms with Gasteiger partial charge in [0.15, 0.2) is 5.78 Å². The number of fused-ring (bicyclic) bond motifs is 8. The monoisotopic (exact) mass is 410 g/mol. The average molecular weight is 411 g/mol. The van der Waals surface area contributed by atoms with E-state index in [2.05, 4.69) is 13.8 Å². The van der Waals surface area contributed by atoms with Crippen LogP contribution < -0.4 is 56.5 Å². The smallest absolute Gasteiger partial charge is 0.550 e. The van der Waals surface area contributed by atoms with E-state index in [4.69, 9.17) is 0 Å². The number of carboxylic acid groups (broad SMARTS) is 1. The quantitative estimate of drug-likeness (QED) is 0.645. The van der Waals surface area contributed by atoms with Gasteiger partial charge in [-0.3, -0.25) is 4.79 Å². The van der Waals surface area contributed by atoms with Crippen molar-refractivity contribution in [3.05, 3.63) is 11.6 Å². The zero-order valence-electron chi connectivity index (χ0n) is 17.5. The minimum Gasteiger partial charge on any atom is -0.550 e. The van der Waals surface area contributed by atoms with Gasteiger partial charge in [0.25, 0.3) is 0 Å². The molecule has 5 aliphatic rings. The summed E-state index contributed by atoms with van der Waals surface area (Å²) in [4.78, 5) is 23.1. The first-order chi connectivity index (χ1) is 12.7. The first kappa shape index (κ1) is 21.7. The Morgan fingerprint density at radius 2 is 1.93 bits per heavy atom. The molecular weight excluding hydrogens is 379 g/mol. The Morgan fingerprint density at radius 3 is 2.64 bits per heavy atom. The Labute approximate surface area is 210 Å². The number of aliphatic hydroxyl groups is 1. The van der Waals surface area contributed by atoms with Gasteiger partial charge in [0.2, 0.25) is 0 Å². The molecule has 0 heterocycles. The summed E-state index contributed by atoms with van der Waals surface area (Å²) in [6.07, 6.45) is 8.93. The van der Waals surface area contributed by atoms with Crippen molar-refractivity contribution in [2.75, 3.05) is 0 Å². The second-order valence-electron chi connectivity index (χ2n) is 10.7. The maximum absolute atomic E-state index is 12.1. The molecule has 8 atom stereocenters. The molecule has 0 saturated heterocycles. The largest absolute Gasteiger partial charge is 1.00 e. The molecule has 5 aliphatic carbocycles. The third kappa shape index (κ3) is 2.86. The van der Waals surface area contributed by atoms with Gasteiger partial charge in [-0.1, -0.05) is 19.4 Å². The van der Waals surface area contributed by atoms with Crippen LogP contribution in [0, 0.1) is 40.4 Å². The van der Waals surface area contributed by atoms with E-state index in [0.717, 1.165) is 32.1 Å². The summed E-state index contributed by atoms with van der Waals surface area (Å²) in [5.41, 5.74) is 0.549. The molecule has 0 aromatic rings. The minimum atomic E-state index is -1.06. The molecule has 5 heteroatoms. The van der Waals surface area contributed by atoms with Gasteiger partial charge >= 0.3 is 51.4 Å². The van der Waals surface area contributed by atoms with E-state index in [1.807, 2.05) is 6.08 Å². The van der Waals surface area contributed by atoms with Crippen LogP contribution in [0.2, 0.25) is 0 Å². The van der Waals surface area contributed by atoms with E-state index in [-0.39, 0.29) is 68.6 Å². The third-order valence-electron chi connectivity index (χ3n) is 9.82. The number of carbonyl (C=O) groups excluding carboxylic acids is 2. The fraction of sp³-hybridized carbons (Fsp3) is 0.826. The molecule has 4 saturated carbocycles. The van der Waals surface area contributed by atoms with E-state index in [1.165, 1.54) is 12.0 Å². The summed E-state index contributed by atoms with van der Waals surface area (Å²) in [5, 5.41) is 22.5. The summed E-state index contributed by atoms with van der Waals surface area (Å²) >= 11 is 0. The molecule has 0 radical (unpaired) electrons. The van der Waals surface area contributed by atoms with Crippen molar-refractivity contribution in [1.82, 2.24) is 0 Å². The second kappa shape index (κ2) is 6.99. The van der Waals surface area contributed by atoms with Gasteiger partial charge < -0.3 is 15.0 Å². The van der Waals surface area contributed by atoms with Gasteiger partial charge in [0.1, 0.15) is 0 Å². The minimum absolute atomic E-state index is 0. The number of ketones is 1. The van der Waals surface area contributed by atoms with E-state index in [1.54, 1.807) is 0 Å². The Hall–Kier alpha value is 0.476. The first-order valence-electron chi connectivity index (χ1n) is 10.9. The second-order valence-corrected chi connectivity index (χ2v) is 10.7. The molecule has 0 aliphatic heterocycles. The van der Waals surface area contributed by atoms with Gasteiger partial charge in [-0.15, -0.1) is 0 Å². The van der Waals surface area contributed by atoms with Crippen LogP contribution in [0.25, 0.3) is 0 Å². The third-order valence-corrected chi connectivity index (χ3v) is 9.82.